The fourth-order valence-electron chi connectivity index (χ4n) is 2.65. The first-order chi connectivity index (χ1) is 5.64. The van der Waals surface area contributed by atoms with Gasteiger partial charge in [-0.05, 0) is 0 Å². The van der Waals surface area contributed by atoms with Crippen molar-refractivity contribution in [2.45, 2.75) is 30.0 Å². The van der Waals surface area contributed by atoms with Crippen molar-refractivity contribution in [1.82, 2.24) is 0 Å². The molecule has 0 aromatic heterocycles. The standard InChI is InChI=1S/C8H11BO3/c1-7(3-10)6(11)4-5-8(4,12-7)2-9-5/h2,4-6,10-11H,3H2,1H3. The Morgan fingerprint density at radius 2 is 2.42 bits per heavy atom. The Balaban J connectivity index is 1.94. The maximum absolute atomic E-state index is 9.81. The molecule has 2 fully saturated rings. The molecule has 3 aliphatic rings. The summed E-state index contributed by atoms with van der Waals surface area (Å²) in [4.78, 5) is 0. The average molecular weight is 166 g/mol. The minimum atomic E-state index is -0.730. The number of hydrogen-bond acceptors (Lipinski definition) is 3. The van der Waals surface area contributed by atoms with Gasteiger partial charge in [0.05, 0.1) is 0 Å². The minimum absolute atomic E-state index is 0.104. The predicted octanol–water partition coefficient (Wildman–Crippen LogP) is -1.19. The molecule has 4 heteroatoms. The molecular formula is C8H11BO3. The molecule has 3 rings (SSSR count). The van der Waals surface area contributed by atoms with E-state index in [1.165, 1.54) is 0 Å². The summed E-state index contributed by atoms with van der Waals surface area (Å²) in [7, 11) is 0. The van der Waals surface area contributed by atoms with Crippen LogP contribution in [-0.4, -0.2) is 47.0 Å². The molecule has 12 heavy (non-hydrogen) atoms. The summed E-state index contributed by atoms with van der Waals surface area (Å²) in [6.07, 6.45) is -0.512. The van der Waals surface area contributed by atoms with Gasteiger partial charge in [0, 0.05) is 0 Å². The zero-order valence-electron chi connectivity index (χ0n) is 6.90. The fraction of sp³-hybridized carbons (Fsp3) is 0.875. The third-order valence-electron chi connectivity index (χ3n) is 3.57. The molecule has 3 nitrogen and oxygen atoms in total. The van der Waals surface area contributed by atoms with Crippen molar-refractivity contribution >= 4 is 12.9 Å². The van der Waals surface area contributed by atoms with E-state index in [4.69, 9.17) is 9.84 Å². The van der Waals surface area contributed by atoms with Crippen molar-refractivity contribution in [1.29, 1.82) is 0 Å². The Morgan fingerprint density at radius 1 is 1.67 bits per heavy atom. The first-order valence-electron chi connectivity index (χ1n) is 4.32. The van der Waals surface area contributed by atoms with Crippen LogP contribution in [0.3, 0.4) is 0 Å². The second kappa shape index (κ2) is 1.69. The number of aliphatic hydroxyl groups excluding tert-OH is 2. The predicted molar refractivity (Wildman–Crippen MR) is 44.4 cm³/mol. The van der Waals surface area contributed by atoms with Gasteiger partial charge in [0.2, 0.25) is 0 Å². The van der Waals surface area contributed by atoms with Crippen molar-refractivity contribution in [2.75, 3.05) is 6.61 Å². The summed E-state index contributed by atoms with van der Waals surface area (Å²) in [5.41, 5.74) is -0.914. The molecule has 2 N–H and O–H groups in total. The van der Waals surface area contributed by atoms with E-state index in [-0.39, 0.29) is 18.1 Å². The van der Waals surface area contributed by atoms with Gasteiger partial charge in [0.1, 0.15) is 0 Å². The Kier molecular flexibility index (Phi) is 1.02. The van der Waals surface area contributed by atoms with Crippen LogP contribution in [0.2, 0.25) is 5.82 Å². The third-order valence-corrected chi connectivity index (χ3v) is 3.57. The van der Waals surface area contributed by atoms with Gasteiger partial charge in [-0.25, -0.2) is 0 Å². The van der Waals surface area contributed by atoms with Gasteiger partial charge in [0.15, 0.2) is 0 Å². The van der Waals surface area contributed by atoms with E-state index in [0.29, 0.717) is 5.82 Å². The van der Waals surface area contributed by atoms with Gasteiger partial charge in [-0.3, -0.25) is 0 Å². The summed E-state index contributed by atoms with van der Waals surface area (Å²) in [6, 6.07) is 0. The average Bonchev–Trinajstić information content (AvgIpc) is 2.34. The first-order valence-corrected chi connectivity index (χ1v) is 4.32. The Morgan fingerprint density at radius 3 is 2.83 bits per heavy atom. The Hall–Kier alpha value is -0.185. The number of aliphatic hydroxyl groups is 2. The fourth-order valence-corrected chi connectivity index (χ4v) is 2.65. The number of hydrogen-bond donors (Lipinski definition) is 2. The van der Waals surface area contributed by atoms with Gasteiger partial charge >= 0.3 is 70.4 Å². The van der Waals surface area contributed by atoms with Crippen LogP contribution in [0.1, 0.15) is 6.92 Å². The summed E-state index contributed by atoms with van der Waals surface area (Å²) >= 11 is 0. The molecule has 5 unspecified atom stereocenters. The number of rotatable bonds is 1. The quantitative estimate of drug-likeness (QED) is 0.481. The van der Waals surface area contributed by atoms with Crippen molar-refractivity contribution in [3.63, 3.8) is 0 Å². The molecule has 0 aromatic rings. The van der Waals surface area contributed by atoms with E-state index in [1.54, 1.807) is 6.92 Å². The van der Waals surface area contributed by atoms with Crippen molar-refractivity contribution in [3.8, 4) is 0 Å². The number of ether oxygens (including phenoxy) is 1. The zero-order valence-corrected chi connectivity index (χ0v) is 6.90. The molecule has 1 saturated carbocycles. The molecule has 1 saturated heterocycles. The van der Waals surface area contributed by atoms with Crippen LogP contribution >= 0.6 is 0 Å². The first kappa shape index (κ1) is 7.24. The van der Waals surface area contributed by atoms with E-state index >= 15 is 0 Å². The molecule has 1 aliphatic carbocycles. The molecule has 64 valence electrons. The van der Waals surface area contributed by atoms with Gasteiger partial charge in [-0.15, -0.1) is 0 Å². The SMILES string of the molecule is CC1(CO)OC23C=BC2C3C1O. The maximum atomic E-state index is 9.81. The van der Waals surface area contributed by atoms with Gasteiger partial charge in [-0.1, -0.05) is 0 Å². The summed E-state index contributed by atoms with van der Waals surface area (Å²) in [6.45, 7) is 3.74. The number of fused-ring (bicyclic) bond motifs is 1. The van der Waals surface area contributed by atoms with Crippen LogP contribution in [-0.2, 0) is 4.74 Å². The topological polar surface area (TPSA) is 49.7 Å². The molecule has 0 aromatic carbocycles. The molecule has 0 radical (unpaired) electrons. The van der Waals surface area contributed by atoms with Crippen LogP contribution in [0.4, 0.5) is 0 Å². The van der Waals surface area contributed by atoms with Crippen molar-refractivity contribution in [3.05, 3.63) is 0 Å². The van der Waals surface area contributed by atoms with Gasteiger partial charge in [-0.2, -0.15) is 0 Å². The Bertz CT molecular complexity index is 279. The van der Waals surface area contributed by atoms with Crippen LogP contribution < -0.4 is 0 Å². The summed E-state index contributed by atoms with van der Waals surface area (Å²) in [5, 5.41) is 18.9. The van der Waals surface area contributed by atoms with Crippen molar-refractivity contribution in [2.24, 2.45) is 5.92 Å². The molecule has 2 heterocycles. The van der Waals surface area contributed by atoms with Crippen LogP contribution in [0.5, 0.6) is 0 Å². The molecular weight excluding hydrogens is 155 g/mol. The summed E-state index contributed by atoms with van der Waals surface area (Å²) in [5.74, 6) is 2.65. The molecule has 0 amide bonds. The van der Waals surface area contributed by atoms with Crippen LogP contribution in [0.15, 0.2) is 0 Å². The molecule has 5 atom stereocenters. The molecule has 1 spiro atoms. The molecule has 2 aliphatic heterocycles. The van der Waals surface area contributed by atoms with E-state index in [9.17, 15) is 5.11 Å². The van der Waals surface area contributed by atoms with Crippen LogP contribution in [0.25, 0.3) is 0 Å². The third kappa shape index (κ3) is 0.506. The zero-order chi connectivity index (χ0) is 8.56. The Labute approximate surface area is 71.3 Å². The normalized spacial score (nSPS) is 64.8. The second-order valence-corrected chi connectivity index (χ2v) is 4.28. The van der Waals surface area contributed by atoms with Gasteiger partial charge in [0.25, 0.3) is 0 Å². The molecule has 0 bridgehead atoms. The van der Waals surface area contributed by atoms with E-state index in [1.807, 2.05) is 5.97 Å². The second-order valence-electron chi connectivity index (χ2n) is 4.28. The van der Waals surface area contributed by atoms with E-state index < -0.39 is 11.7 Å². The van der Waals surface area contributed by atoms with E-state index in [2.05, 4.69) is 6.92 Å². The monoisotopic (exact) mass is 166 g/mol. The van der Waals surface area contributed by atoms with Crippen molar-refractivity contribution < 1.29 is 14.9 Å². The van der Waals surface area contributed by atoms with E-state index in [0.717, 1.165) is 0 Å². The summed E-state index contributed by atoms with van der Waals surface area (Å²) < 4.78 is 5.68. The van der Waals surface area contributed by atoms with Gasteiger partial charge < -0.3 is 0 Å². The van der Waals surface area contributed by atoms with Crippen LogP contribution in [0, 0.1) is 5.92 Å².